The van der Waals surface area contributed by atoms with E-state index in [1.807, 2.05) is 32.2 Å². The molecular formula is C12H22O3S. The largest absolute Gasteiger partial charge is 0.493 e. The van der Waals surface area contributed by atoms with Gasteiger partial charge >= 0.3 is 0 Å². The van der Waals surface area contributed by atoms with Gasteiger partial charge in [-0.25, -0.2) is 0 Å². The van der Waals surface area contributed by atoms with Crippen LogP contribution >= 0.6 is 11.3 Å². The van der Waals surface area contributed by atoms with Crippen molar-refractivity contribution in [2.45, 2.75) is 33.6 Å². The zero-order valence-corrected chi connectivity index (χ0v) is 11.3. The molecule has 16 heavy (non-hydrogen) atoms. The van der Waals surface area contributed by atoms with Crippen molar-refractivity contribution in [3.8, 4) is 5.75 Å². The summed E-state index contributed by atoms with van der Waals surface area (Å²) in [6.45, 7) is 6.64. The van der Waals surface area contributed by atoms with E-state index < -0.39 is 0 Å². The van der Waals surface area contributed by atoms with Gasteiger partial charge in [0.2, 0.25) is 0 Å². The lowest BCUT2D eigenvalue weighted by molar-refractivity contribution is -0.107. The van der Waals surface area contributed by atoms with Gasteiger partial charge in [0, 0.05) is 18.4 Å². The molecule has 0 aliphatic heterocycles. The van der Waals surface area contributed by atoms with Crippen molar-refractivity contribution >= 4 is 17.6 Å². The molecule has 0 aromatic carbocycles. The normalized spacial score (nSPS) is 8.06. The summed E-state index contributed by atoms with van der Waals surface area (Å²) in [5.74, 6) is 0.935. The van der Waals surface area contributed by atoms with Gasteiger partial charge in [-0.05, 0) is 24.8 Å². The van der Waals surface area contributed by atoms with Crippen LogP contribution in [0.3, 0.4) is 0 Å². The van der Waals surface area contributed by atoms with E-state index in [0.29, 0.717) is 13.0 Å². The molecule has 0 saturated heterocycles. The van der Waals surface area contributed by atoms with Gasteiger partial charge in [0.15, 0.2) is 0 Å². The number of ether oxygens (including phenoxy) is 1. The lowest BCUT2D eigenvalue weighted by atomic mass is 10.3. The predicted octanol–water partition coefficient (Wildman–Crippen LogP) is 2.91. The Kier molecular flexibility index (Phi) is 15.5. The molecule has 4 heteroatoms. The maximum Gasteiger partial charge on any atom is 0.133 e. The van der Waals surface area contributed by atoms with Crippen LogP contribution in [0.2, 0.25) is 0 Å². The molecule has 0 saturated carbocycles. The topological polar surface area (TPSA) is 46.5 Å². The van der Waals surface area contributed by atoms with Gasteiger partial charge in [0.25, 0.3) is 0 Å². The third kappa shape index (κ3) is 7.43. The molecule has 0 aliphatic rings. The first-order valence-corrected chi connectivity index (χ1v) is 6.34. The van der Waals surface area contributed by atoms with Crippen molar-refractivity contribution in [2.75, 3.05) is 13.7 Å². The number of thiophene rings is 1. The van der Waals surface area contributed by atoms with E-state index in [1.54, 1.807) is 11.3 Å². The number of aliphatic hydroxyl groups is 1. The second-order valence-electron chi connectivity index (χ2n) is 2.35. The average molecular weight is 246 g/mol. The Morgan fingerprint density at radius 3 is 2.56 bits per heavy atom. The number of aldehydes is 1. The SMILES string of the molecule is CC.CCOc1ccsc1CCC=O.CO. The molecule has 0 unspecified atom stereocenters. The van der Waals surface area contributed by atoms with Gasteiger partial charge in [-0.3, -0.25) is 0 Å². The molecule has 0 spiro atoms. The van der Waals surface area contributed by atoms with Crippen molar-refractivity contribution < 1.29 is 14.6 Å². The van der Waals surface area contributed by atoms with Crippen LogP contribution in [0.15, 0.2) is 11.4 Å². The molecule has 0 bridgehead atoms. The smallest absolute Gasteiger partial charge is 0.133 e. The summed E-state index contributed by atoms with van der Waals surface area (Å²) >= 11 is 1.65. The minimum Gasteiger partial charge on any atom is -0.493 e. The third-order valence-corrected chi connectivity index (χ3v) is 2.46. The average Bonchev–Trinajstić information content (AvgIpc) is 2.80. The third-order valence-electron chi connectivity index (χ3n) is 1.49. The summed E-state index contributed by atoms with van der Waals surface area (Å²) < 4.78 is 5.37. The summed E-state index contributed by atoms with van der Waals surface area (Å²) in [5, 5.41) is 8.99. The van der Waals surface area contributed by atoms with E-state index in [-0.39, 0.29) is 0 Å². The fraction of sp³-hybridized carbons (Fsp3) is 0.583. The van der Waals surface area contributed by atoms with Crippen molar-refractivity contribution in [3.63, 3.8) is 0 Å². The maximum atomic E-state index is 10.1. The van der Waals surface area contributed by atoms with Gasteiger partial charge in [-0.2, -0.15) is 0 Å². The van der Waals surface area contributed by atoms with Gasteiger partial charge in [-0.1, -0.05) is 13.8 Å². The van der Waals surface area contributed by atoms with Crippen LogP contribution < -0.4 is 4.74 Å². The highest BCUT2D eigenvalue weighted by atomic mass is 32.1. The molecule has 0 radical (unpaired) electrons. The van der Waals surface area contributed by atoms with E-state index in [4.69, 9.17) is 9.84 Å². The number of carbonyl (C=O) groups is 1. The Balaban J connectivity index is 0. The molecule has 1 aromatic rings. The summed E-state index contributed by atoms with van der Waals surface area (Å²) in [4.78, 5) is 11.3. The summed E-state index contributed by atoms with van der Waals surface area (Å²) in [6, 6.07) is 1.95. The lowest BCUT2D eigenvalue weighted by Crippen LogP contribution is -1.93. The number of aliphatic hydroxyl groups excluding tert-OH is 1. The van der Waals surface area contributed by atoms with Crippen molar-refractivity contribution in [1.82, 2.24) is 0 Å². The fourth-order valence-corrected chi connectivity index (χ4v) is 1.82. The molecule has 0 atom stereocenters. The Bertz CT molecular complexity index is 246. The summed E-state index contributed by atoms with van der Waals surface area (Å²) in [7, 11) is 1.00. The molecule has 1 aromatic heterocycles. The van der Waals surface area contributed by atoms with Crippen molar-refractivity contribution in [3.05, 3.63) is 16.3 Å². The monoisotopic (exact) mass is 246 g/mol. The van der Waals surface area contributed by atoms with Gasteiger partial charge in [-0.15, -0.1) is 11.3 Å². The minimum atomic E-state index is 0.584. The molecular weight excluding hydrogens is 224 g/mol. The van der Waals surface area contributed by atoms with Gasteiger partial charge in [0.1, 0.15) is 12.0 Å². The highest BCUT2D eigenvalue weighted by Gasteiger charge is 2.03. The van der Waals surface area contributed by atoms with Crippen LogP contribution in [0.5, 0.6) is 5.75 Å². The number of carbonyl (C=O) groups excluding carboxylic acids is 1. The summed E-state index contributed by atoms with van der Waals surface area (Å²) in [5.41, 5.74) is 0. The van der Waals surface area contributed by atoms with Crippen LogP contribution in [0, 0.1) is 0 Å². The number of aryl methyl sites for hydroxylation is 1. The van der Waals surface area contributed by atoms with Crippen LogP contribution in [0.25, 0.3) is 0 Å². The zero-order valence-electron chi connectivity index (χ0n) is 10.5. The first-order valence-electron chi connectivity index (χ1n) is 5.46. The Morgan fingerprint density at radius 2 is 2.06 bits per heavy atom. The van der Waals surface area contributed by atoms with E-state index in [0.717, 1.165) is 25.6 Å². The first kappa shape index (κ1) is 17.5. The molecule has 94 valence electrons. The van der Waals surface area contributed by atoms with Gasteiger partial charge < -0.3 is 14.6 Å². The number of hydrogen-bond donors (Lipinski definition) is 1. The zero-order chi connectivity index (χ0) is 12.8. The second kappa shape index (κ2) is 14.1. The van der Waals surface area contributed by atoms with Crippen LogP contribution in [-0.4, -0.2) is 25.1 Å². The molecule has 1 heterocycles. The number of rotatable bonds is 5. The lowest BCUT2D eigenvalue weighted by Gasteiger charge is -2.01. The highest BCUT2D eigenvalue weighted by Crippen LogP contribution is 2.25. The molecule has 0 amide bonds. The van der Waals surface area contributed by atoms with E-state index >= 15 is 0 Å². The molecule has 3 nitrogen and oxygen atoms in total. The highest BCUT2D eigenvalue weighted by molar-refractivity contribution is 7.10. The van der Waals surface area contributed by atoms with Crippen LogP contribution in [0.1, 0.15) is 32.1 Å². The maximum absolute atomic E-state index is 10.1. The Hall–Kier alpha value is -0.870. The molecule has 0 aliphatic carbocycles. The molecule has 0 fully saturated rings. The molecule has 1 rings (SSSR count). The second-order valence-corrected chi connectivity index (χ2v) is 3.35. The molecule has 1 N–H and O–H groups in total. The van der Waals surface area contributed by atoms with Crippen LogP contribution in [0.4, 0.5) is 0 Å². The standard InChI is InChI=1S/C9H12O2S.C2H6.CH4O/c1-2-11-8-5-7-12-9(8)4-3-6-10;2*1-2/h5-7H,2-4H2,1H3;1-2H3;2H,1H3. The number of hydrogen-bond acceptors (Lipinski definition) is 4. The van der Waals surface area contributed by atoms with Gasteiger partial charge in [0.05, 0.1) is 6.61 Å². The van der Waals surface area contributed by atoms with E-state index in [9.17, 15) is 4.79 Å². The van der Waals surface area contributed by atoms with Crippen molar-refractivity contribution in [2.24, 2.45) is 0 Å². The quantitative estimate of drug-likeness (QED) is 0.813. The van der Waals surface area contributed by atoms with Crippen LogP contribution in [-0.2, 0) is 11.2 Å². The predicted molar refractivity (Wildman–Crippen MR) is 69.4 cm³/mol. The van der Waals surface area contributed by atoms with E-state index in [2.05, 4.69) is 0 Å². The minimum absolute atomic E-state index is 0.584. The van der Waals surface area contributed by atoms with E-state index in [1.165, 1.54) is 4.88 Å². The van der Waals surface area contributed by atoms with Crippen molar-refractivity contribution in [1.29, 1.82) is 0 Å². The first-order chi connectivity index (χ1) is 7.88. The Morgan fingerprint density at radius 1 is 1.44 bits per heavy atom. The Labute approximate surface area is 102 Å². The summed E-state index contributed by atoms with van der Waals surface area (Å²) in [6.07, 6.45) is 2.33. The fourth-order valence-electron chi connectivity index (χ4n) is 0.985.